The lowest BCUT2D eigenvalue weighted by atomic mass is 10.1. The Hall–Kier alpha value is -0.940. The highest BCUT2D eigenvalue weighted by Crippen LogP contribution is 2.20. The molecule has 22 heavy (non-hydrogen) atoms. The summed E-state index contributed by atoms with van der Waals surface area (Å²) >= 11 is 0. The number of nitrogens with one attached hydrogen (secondary N) is 1. The Morgan fingerprint density at radius 1 is 1.27 bits per heavy atom. The SMILES string of the molecule is CC1(F)CNCCN(Cc2cccc3ncccc23)C1.Cl.Cl. The van der Waals surface area contributed by atoms with Crippen molar-refractivity contribution in [2.24, 2.45) is 0 Å². The molecule has 1 atom stereocenters. The Kier molecular flexibility index (Phi) is 7.00. The minimum absolute atomic E-state index is 0. The fraction of sp³-hybridized carbons (Fsp3) is 0.438. The molecule has 0 saturated carbocycles. The second-order valence-electron chi connectivity index (χ2n) is 5.79. The maximum absolute atomic E-state index is 14.3. The van der Waals surface area contributed by atoms with Gasteiger partial charge >= 0.3 is 0 Å². The van der Waals surface area contributed by atoms with E-state index in [4.69, 9.17) is 0 Å². The molecule has 1 fully saturated rings. The van der Waals surface area contributed by atoms with Crippen molar-refractivity contribution in [1.29, 1.82) is 0 Å². The number of benzene rings is 1. The van der Waals surface area contributed by atoms with Gasteiger partial charge in [-0.05, 0) is 24.6 Å². The van der Waals surface area contributed by atoms with Gasteiger partial charge in [0.2, 0.25) is 0 Å². The summed E-state index contributed by atoms with van der Waals surface area (Å²) < 4.78 is 14.3. The highest BCUT2D eigenvalue weighted by Gasteiger charge is 2.28. The molecular formula is C16H22Cl2FN3. The third-order valence-corrected chi connectivity index (χ3v) is 3.78. The fourth-order valence-corrected chi connectivity index (χ4v) is 2.87. The van der Waals surface area contributed by atoms with Crippen molar-refractivity contribution < 1.29 is 4.39 Å². The van der Waals surface area contributed by atoms with Crippen LogP contribution in [0.2, 0.25) is 0 Å². The standard InChI is InChI=1S/C16H20FN3.2ClH/c1-16(17)11-18-8-9-20(12-16)10-13-4-2-6-15-14(13)5-3-7-19-15;;/h2-7,18H,8-12H2,1H3;2*1H. The number of hydrogen-bond acceptors (Lipinski definition) is 3. The summed E-state index contributed by atoms with van der Waals surface area (Å²) in [6.45, 7) is 5.04. The van der Waals surface area contributed by atoms with Crippen molar-refractivity contribution in [2.75, 3.05) is 26.2 Å². The highest BCUT2D eigenvalue weighted by molar-refractivity contribution is 5.85. The Balaban J connectivity index is 0.00000121. The third-order valence-electron chi connectivity index (χ3n) is 3.78. The van der Waals surface area contributed by atoms with E-state index in [1.807, 2.05) is 18.2 Å². The van der Waals surface area contributed by atoms with Crippen LogP contribution in [0.3, 0.4) is 0 Å². The Labute approximate surface area is 143 Å². The van der Waals surface area contributed by atoms with E-state index in [0.29, 0.717) is 13.1 Å². The zero-order valence-electron chi connectivity index (χ0n) is 12.6. The summed E-state index contributed by atoms with van der Waals surface area (Å²) in [5.74, 6) is 0. The average Bonchev–Trinajstić information content (AvgIpc) is 2.60. The van der Waals surface area contributed by atoms with Gasteiger partial charge in [0.1, 0.15) is 5.67 Å². The summed E-state index contributed by atoms with van der Waals surface area (Å²) in [5.41, 5.74) is 1.05. The lowest BCUT2D eigenvalue weighted by molar-refractivity contribution is 0.126. The van der Waals surface area contributed by atoms with Crippen LogP contribution < -0.4 is 5.32 Å². The minimum atomic E-state index is -1.17. The molecule has 0 spiro atoms. The van der Waals surface area contributed by atoms with E-state index >= 15 is 0 Å². The Morgan fingerprint density at radius 2 is 2.09 bits per heavy atom. The number of alkyl halides is 1. The smallest absolute Gasteiger partial charge is 0.133 e. The maximum Gasteiger partial charge on any atom is 0.133 e. The molecule has 3 nitrogen and oxygen atoms in total. The quantitative estimate of drug-likeness (QED) is 0.905. The second kappa shape index (κ2) is 8.06. The zero-order chi connectivity index (χ0) is 14.0. The van der Waals surface area contributed by atoms with E-state index in [9.17, 15) is 4.39 Å². The summed E-state index contributed by atoms with van der Waals surface area (Å²) in [6.07, 6.45) is 1.81. The first-order chi connectivity index (χ1) is 9.64. The summed E-state index contributed by atoms with van der Waals surface area (Å²) in [7, 11) is 0. The van der Waals surface area contributed by atoms with Crippen molar-refractivity contribution in [3.8, 4) is 0 Å². The van der Waals surface area contributed by atoms with Gasteiger partial charge < -0.3 is 5.32 Å². The minimum Gasteiger partial charge on any atom is -0.312 e. The summed E-state index contributed by atoms with van der Waals surface area (Å²) in [5, 5.41) is 4.32. The van der Waals surface area contributed by atoms with E-state index < -0.39 is 5.67 Å². The number of nitrogens with zero attached hydrogens (tertiary/aromatic N) is 2. The fourth-order valence-electron chi connectivity index (χ4n) is 2.87. The number of hydrogen-bond donors (Lipinski definition) is 1. The lowest BCUT2D eigenvalue weighted by Crippen LogP contribution is -2.39. The van der Waals surface area contributed by atoms with Gasteiger partial charge in [0.05, 0.1) is 5.52 Å². The molecule has 1 aliphatic heterocycles. The molecule has 6 heteroatoms. The van der Waals surface area contributed by atoms with Crippen LogP contribution in [-0.4, -0.2) is 41.7 Å². The van der Waals surface area contributed by atoms with Gasteiger partial charge in [-0.2, -0.15) is 0 Å². The number of rotatable bonds is 2. The van der Waals surface area contributed by atoms with Crippen LogP contribution >= 0.6 is 24.8 Å². The van der Waals surface area contributed by atoms with Gasteiger partial charge in [-0.1, -0.05) is 18.2 Å². The van der Waals surface area contributed by atoms with Gasteiger partial charge in [0.25, 0.3) is 0 Å². The van der Waals surface area contributed by atoms with Crippen molar-refractivity contribution in [3.63, 3.8) is 0 Å². The lowest BCUT2D eigenvalue weighted by Gasteiger charge is -2.26. The Bertz CT molecular complexity index is 601. The van der Waals surface area contributed by atoms with Gasteiger partial charge in [-0.25, -0.2) is 4.39 Å². The van der Waals surface area contributed by atoms with E-state index in [-0.39, 0.29) is 24.8 Å². The normalized spacial score (nSPS) is 22.5. The van der Waals surface area contributed by atoms with Crippen molar-refractivity contribution in [3.05, 3.63) is 42.1 Å². The van der Waals surface area contributed by atoms with Crippen molar-refractivity contribution in [2.45, 2.75) is 19.1 Å². The summed E-state index contributed by atoms with van der Waals surface area (Å²) in [6, 6.07) is 10.2. The maximum atomic E-state index is 14.3. The first-order valence-electron chi connectivity index (χ1n) is 7.09. The topological polar surface area (TPSA) is 28.2 Å². The molecule has 1 aromatic heterocycles. The van der Waals surface area contributed by atoms with E-state index in [0.717, 1.165) is 30.5 Å². The highest BCUT2D eigenvalue weighted by atomic mass is 35.5. The molecule has 0 aliphatic carbocycles. The molecule has 122 valence electrons. The van der Waals surface area contributed by atoms with Gasteiger partial charge in [-0.3, -0.25) is 9.88 Å². The monoisotopic (exact) mass is 345 g/mol. The number of halogens is 3. The van der Waals surface area contributed by atoms with Crippen LogP contribution in [0, 0.1) is 0 Å². The third kappa shape index (κ3) is 4.53. The van der Waals surface area contributed by atoms with Crippen LogP contribution in [0.1, 0.15) is 12.5 Å². The molecule has 0 radical (unpaired) electrons. The molecule has 0 amide bonds. The molecule has 2 heterocycles. The zero-order valence-corrected chi connectivity index (χ0v) is 14.2. The first kappa shape index (κ1) is 19.1. The van der Waals surface area contributed by atoms with Crippen LogP contribution in [0.15, 0.2) is 36.5 Å². The number of pyridine rings is 1. The van der Waals surface area contributed by atoms with Gasteiger partial charge in [0.15, 0.2) is 0 Å². The summed E-state index contributed by atoms with van der Waals surface area (Å²) in [4.78, 5) is 6.56. The average molecular weight is 346 g/mol. The predicted molar refractivity (Wildman–Crippen MR) is 93.9 cm³/mol. The Morgan fingerprint density at radius 3 is 2.91 bits per heavy atom. The molecule has 1 aliphatic rings. The predicted octanol–water partition coefficient (Wildman–Crippen LogP) is 3.21. The van der Waals surface area contributed by atoms with E-state index in [2.05, 4.69) is 27.3 Å². The van der Waals surface area contributed by atoms with Gasteiger partial charge in [-0.15, -0.1) is 24.8 Å². The first-order valence-corrected chi connectivity index (χ1v) is 7.09. The molecular weight excluding hydrogens is 324 g/mol. The van der Waals surface area contributed by atoms with Crippen LogP contribution in [0.5, 0.6) is 0 Å². The molecule has 3 rings (SSSR count). The molecule has 1 N–H and O–H groups in total. The molecule has 0 bridgehead atoms. The van der Waals surface area contributed by atoms with Gasteiger partial charge in [0, 0.05) is 44.3 Å². The second-order valence-corrected chi connectivity index (χ2v) is 5.79. The number of aromatic nitrogens is 1. The molecule has 2 aromatic rings. The van der Waals surface area contributed by atoms with Crippen molar-refractivity contribution >= 4 is 35.7 Å². The van der Waals surface area contributed by atoms with Crippen molar-refractivity contribution in [1.82, 2.24) is 15.2 Å². The van der Waals surface area contributed by atoms with Crippen LogP contribution in [-0.2, 0) is 6.54 Å². The van der Waals surface area contributed by atoms with E-state index in [1.165, 1.54) is 5.56 Å². The van der Waals surface area contributed by atoms with Crippen LogP contribution in [0.25, 0.3) is 10.9 Å². The molecule has 1 aromatic carbocycles. The molecule has 1 saturated heterocycles. The largest absolute Gasteiger partial charge is 0.312 e. The molecule has 1 unspecified atom stereocenters. The van der Waals surface area contributed by atoms with E-state index in [1.54, 1.807) is 13.1 Å². The van der Waals surface area contributed by atoms with Crippen LogP contribution in [0.4, 0.5) is 4.39 Å². The number of fused-ring (bicyclic) bond motifs is 1.